The van der Waals surface area contributed by atoms with Gasteiger partial charge >= 0.3 is 0 Å². The fraction of sp³-hybridized carbons (Fsp3) is 0.211. The molecular weight excluding hydrogens is 366 g/mol. The molecule has 8 heteroatoms. The summed E-state index contributed by atoms with van der Waals surface area (Å²) in [6.45, 7) is 2.32. The van der Waals surface area contributed by atoms with Gasteiger partial charge in [-0.05, 0) is 49.5 Å². The van der Waals surface area contributed by atoms with Crippen LogP contribution < -0.4 is 20.3 Å². The van der Waals surface area contributed by atoms with Crippen molar-refractivity contribution in [1.82, 2.24) is 9.55 Å². The van der Waals surface area contributed by atoms with E-state index in [2.05, 4.69) is 10.3 Å². The number of anilines is 1. The van der Waals surface area contributed by atoms with E-state index in [0.717, 1.165) is 0 Å². The molecule has 0 saturated heterocycles. The van der Waals surface area contributed by atoms with Crippen LogP contribution in [-0.2, 0) is 6.54 Å². The van der Waals surface area contributed by atoms with Gasteiger partial charge in [-0.1, -0.05) is 0 Å². The van der Waals surface area contributed by atoms with Gasteiger partial charge in [0.05, 0.1) is 30.8 Å². The average molecular weight is 385 g/mol. The minimum atomic E-state index is -0.345. The Bertz CT molecular complexity index is 1130. The number of hydrogen-bond acceptors (Lipinski definition) is 5. The number of methoxy groups -OCH3 is 2. The maximum absolute atomic E-state index is 12.7. The van der Waals surface area contributed by atoms with E-state index in [-0.39, 0.29) is 11.5 Å². The van der Waals surface area contributed by atoms with Gasteiger partial charge in [-0.2, -0.15) is 0 Å². The lowest BCUT2D eigenvalue weighted by Gasteiger charge is -2.12. The van der Waals surface area contributed by atoms with Crippen molar-refractivity contribution in [2.75, 3.05) is 19.5 Å². The van der Waals surface area contributed by atoms with E-state index in [4.69, 9.17) is 21.7 Å². The standard InChI is InChI=1S/C19H19N3O4S/c1-4-22-18(24)13-7-5-11(9-14(13)21-19(22)27)17(23)20-15-10-12(25-2)6-8-16(15)26-3/h5-10H,4H2,1-3H3,(H,20,23)(H,21,27). The Morgan fingerprint density at radius 2 is 1.96 bits per heavy atom. The molecule has 0 spiro atoms. The van der Waals surface area contributed by atoms with Crippen LogP contribution in [0.15, 0.2) is 41.2 Å². The molecule has 0 unspecified atom stereocenters. The second-order valence-corrected chi connectivity index (χ2v) is 6.15. The third-order valence-corrected chi connectivity index (χ3v) is 4.54. The summed E-state index contributed by atoms with van der Waals surface area (Å²) in [6.07, 6.45) is 0. The van der Waals surface area contributed by atoms with Crippen molar-refractivity contribution in [1.29, 1.82) is 0 Å². The Morgan fingerprint density at radius 3 is 2.63 bits per heavy atom. The molecule has 0 atom stereocenters. The van der Waals surface area contributed by atoms with Crippen LogP contribution >= 0.6 is 12.2 Å². The molecule has 0 fully saturated rings. The van der Waals surface area contributed by atoms with E-state index in [0.29, 0.717) is 45.0 Å². The second-order valence-electron chi connectivity index (χ2n) is 5.76. The minimum absolute atomic E-state index is 0.183. The van der Waals surface area contributed by atoms with Crippen LogP contribution in [0.2, 0.25) is 0 Å². The third kappa shape index (κ3) is 3.56. The first-order valence-corrected chi connectivity index (χ1v) is 8.69. The van der Waals surface area contributed by atoms with Crippen LogP contribution in [0.25, 0.3) is 10.9 Å². The van der Waals surface area contributed by atoms with Crippen molar-refractivity contribution in [3.63, 3.8) is 0 Å². The maximum Gasteiger partial charge on any atom is 0.262 e. The number of hydrogen-bond donors (Lipinski definition) is 2. The topological polar surface area (TPSA) is 85.3 Å². The fourth-order valence-corrected chi connectivity index (χ4v) is 3.11. The van der Waals surface area contributed by atoms with Gasteiger partial charge in [0.25, 0.3) is 11.5 Å². The molecule has 2 aromatic carbocycles. The summed E-state index contributed by atoms with van der Waals surface area (Å²) in [7, 11) is 3.06. The highest BCUT2D eigenvalue weighted by Gasteiger charge is 2.13. The van der Waals surface area contributed by atoms with E-state index in [1.54, 1.807) is 43.5 Å². The van der Waals surface area contributed by atoms with Gasteiger partial charge in [0, 0.05) is 18.2 Å². The number of carbonyl (C=O) groups excluding carboxylic acids is 1. The summed E-state index contributed by atoms with van der Waals surface area (Å²) < 4.78 is 12.3. The van der Waals surface area contributed by atoms with Gasteiger partial charge in [-0.25, -0.2) is 0 Å². The van der Waals surface area contributed by atoms with Crippen LogP contribution in [0.3, 0.4) is 0 Å². The SMILES string of the molecule is CCn1c(=S)[nH]c2cc(C(=O)Nc3cc(OC)ccc3OC)ccc2c1=O. The monoisotopic (exact) mass is 385 g/mol. The van der Waals surface area contributed by atoms with E-state index in [1.807, 2.05) is 6.92 Å². The molecular formula is C19H19N3O4S. The predicted molar refractivity (Wildman–Crippen MR) is 107 cm³/mol. The molecule has 1 heterocycles. The lowest BCUT2D eigenvalue weighted by atomic mass is 10.1. The highest BCUT2D eigenvalue weighted by atomic mass is 32.1. The first-order chi connectivity index (χ1) is 13.0. The Hall–Kier alpha value is -3.13. The summed E-state index contributed by atoms with van der Waals surface area (Å²) in [5.41, 5.74) is 1.19. The lowest BCUT2D eigenvalue weighted by Crippen LogP contribution is -2.21. The highest BCUT2D eigenvalue weighted by Crippen LogP contribution is 2.29. The fourth-order valence-electron chi connectivity index (χ4n) is 2.79. The summed E-state index contributed by atoms with van der Waals surface area (Å²) >= 11 is 5.22. The van der Waals surface area contributed by atoms with Crippen LogP contribution in [0.4, 0.5) is 5.69 Å². The Balaban J connectivity index is 2.00. The molecule has 3 rings (SSSR count). The van der Waals surface area contributed by atoms with E-state index in [9.17, 15) is 9.59 Å². The number of aromatic amines is 1. The number of H-pyrrole nitrogens is 1. The Morgan fingerprint density at radius 1 is 1.19 bits per heavy atom. The zero-order chi connectivity index (χ0) is 19.6. The average Bonchev–Trinajstić information content (AvgIpc) is 2.67. The maximum atomic E-state index is 12.7. The molecule has 1 amide bonds. The van der Waals surface area contributed by atoms with E-state index in [1.165, 1.54) is 11.7 Å². The molecule has 2 N–H and O–H groups in total. The molecule has 0 radical (unpaired) electrons. The van der Waals surface area contributed by atoms with Crippen molar-refractivity contribution in [2.45, 2.75) is 13.5 Å². The molecule has 1 aromatic heterocycles. The van der Waals surface area contributed by atoms with Gasteiger partial charge in [-0.15, -0.1) is 0 Å². The first-order valence-electron chi connectivity index (χ1n) is 8.28. The number of amides is 1. The molecule has 0 bridgehead atoms. The van der Waals surface area contributed by atoms with E-state index < -0.39 is 0 Å². The number of rotatable bonds is 5. The summed E-state index contributed by atoms with van der Waals surface area (Å²) in [6, 6.07) is 9.94. The number of aromatic nitrogens is 2. The van der Waals surface area contributed by atoms with Crippen molar-refractivity contribution >= 4 is 34.7 Å². The molecule has 3 aromatic rings. The van der Waals surface area contributed by atoms with Gasteiger partial charge < -0.3 is 19.8 Å². The van der Waals surface area contributed by atoms with Crippen molar-refractivity contribution in [2.24, 2.45) is 0 Å². The summed E-state index contributed by atoms with van der Waals surface area (Å²) in [5.74, 6) is 0.756. The molecule has 0 aliphatic rings. The predicted octanol–water partition coefficient (Wildman–Crippen LogP) is 3.35. The molecule has 0 saturated carbocycles. The molecule has 140 valence electrons. The van der Waals surface area contributed by atoms with Crippen molar-refractivity contribution in [3.8, 4) is 11.5 Å². The van der Waals surface area contributed by atoms with Crippen LogP contribution in [0.1, 0.15) is 17.3 Å². The number of nitrogens with one attached hydrogen (secondary N) is 2. The minimum Gasteiger partial charge on any atom is -0.497 e. The van der Waals surface area contributed by atoms with E-state index >= 15 is 0 Å². The zero-order valence-electron chi connectivity index (χ0n) is 15.2. The van der Waals surface area contributed by atoms with Gasteiger partial charge in [0.1, 0.15) is 11.5 Å². The first kappa shape index (κ1) is 18.7. The smallest absolute Gasteiger partial charge is 0.262 e. The number of fused-ring (bicyclic) bond motifs is 1. The molecule has 27 heavy (non-hydrogen) atoms. The normalized spacial score (nSPS) is 10.6. The second kappa shape index (κ2) is 7.63. The summed E-state index contributed by atoms with van der Waals surface area (Å²) in [5, 5.41) is 3.27. The number of nitrogens with zero attached hydrogens (tertiary/aromatic N) is 1. The molecule has 0 aliphatic carbocycles. The highest BCUT2D eigenvalue weighted by molar-refractivity contribution is 7.71. The quantitative estimate of drug-likeness (QED) is 0.658. The third-order valence-electron chi connectivity index (χ3n) is 4.22. The van der Waals surface area contributed by atoms with Crippen LogP contribution in [0.5, 0.6) is 11.5 Å². The van der Waals surface area contributed by atoms with Gasteiger partial charge in [-0.3, -0.25) is 14.2 Å². The largest absolute Gasteiger partial charge is 0.497 e. The van der Waals surface area contributed by atoms with Crippen molar-refractivity contribution in [3.05, 3.63) is 57.1 Å². The lowest BCUT2D eigenvalue weighted by molar-refractivity contribution is 0.102. The summed E-state index contributed by atoms with van der Waals surface area (Å²) in [4.78, 5) is 28.1. The Labute approximate surface area is 160 Å². The molecule has 7 nitrogen and oxygen atoms in total. The van der Waals surface area contributed by atoms with Crippen LogP contribution in [0, 0.1) is 4.77 Å². The van der Waals surface area contributed by atoms with Crippen LogP contribution in [-0.4, -0.2) is 29.7 Å². The zero-order valence-corrected chi connectivity index (χ0v) is 16.0. The Kier molecular flexibility index (Phi) is 5.27. The molecule has 0 aliphatic heterocycles. The number of benzene rings is 2. The van der Waals surface area contributed by atoms with Gasteiger partial charge in [0.15, 0.2) is 4.77 Å². The van der Waals surface area contributed by atoms with Crippen molar-refractivity contribution < 1.29 is 14.3 Å². The number of ether oxygens (including phenoxy) is 2. The number of carbonyl (C=O) groups is 1. The van der Waals surface area contributed by atoms with Gasteiger partial charge in [0.2, 0.25) is 0 Å².